The summed E-state index contributed by atoms with van der Waals surface area (Å²) < 4.78 is 4.90. The van der Waals surface area contributed by atoms with E-state index in [2.05, 4.69) is 28.1 Å². The molecule has 0 heterocycles. The van der Waals surface area contributed by atoms with Gasteiger partial charge in [-0.05, 0) is 12.2 Å². The molecule has 0 amide bonds. The van der Waals surface area contributed by atoms with Crippen LogP contribution in [0, 0.1) is 0 Å². The number of Topliss-reactive ketones (excluding diaryl/α,β-unsaturated/α-hetero) is 1. The lowest BCUT2D eigenvalue weighted by Crippen LogP contribution is -2.16. The first-order valence-corrected chi connectivity index (χ1v) is 5.93. The summed E-state index contributed by atoms with van der Waals surface area (Å²) in [4.78, 5) is 11.6. The molecule has 0 bridgehead atoms. The molecule has 0 saturated carbocycles. The number of thiocarbonyl (C=S) groups is 1. The Morgan fingerprint density at radius 3 is 2.73 bits per heavy atom. The van der Waals surface area contributed by atoms with Crippen LogP contribution in [0.1, 0.15) is 16.8 Å². The van der Waals surface area contributed by atoms with Gasteiger partial charge in [0.1, 0.15) is 5.55 Å². The maximum absolute atomic E-state index is 11.8. The minimum Gasteiger partial charge on any atom is -0.490 e. The molecule has 1 aromatic rings. The van der Waals surface area contributed by atoms with Crippen molar-refractivity contribution in [2.75, 3.05) is 6.61 Å². The zero-order valence-electron chi connectivity index (χ0n) is 8.06. The third kappa shape index (κ3) is 4.10. The third-order valence-corrected chi connectivity index (χ3v) is 2.91. The van der Waals surface area contributed by atoms with Crippen LogP contribution in [-0.4, -0.2) is 22.8 Å². The monoisotopic (exact) mass is 286 g/mol. The molecule has 15 heavy (non-hydrogen) atoms. The average Bonchev–Trinajstić information content (AvgIpc) is 2.29. The van der Waals surface area contributed by atoms with Gasteiger partial charge in [-0.25, -0.2) is 0 Å². The number of hydrogen-bond donors (Lipinski definition) is 0. The molecule has 1 atom stereocenters. The van der Waals surface area contributed by atoms with E-state index in [1.54, 1.807) is 12.1 Å². The molecule has 0 aliphatic carbocycles. The van der Waals surface area contributed by atoms with Gasteiger partial charge in [-0.3, -0.25) is 4.79 Å². The summed E-state index contributed by atoms with van der Waals surface area (Å²) in [5.41, 5.74) is 1.92. The molecular weight excluding hydrogens is 276 g/mol. The van der Waals surface area contributed by atoms with Gasteiger partial charge in [0.2, 0.25) is 0 Å². The van der Waals surface area contributed by atoms with Gasteiger partial charge in [0.05, 0.1) is 11.4 Å². The molecule has 0 radical (unpaired) electrons. The smallest absolute Gasteiger partial charge is 0.176 e. The first-order chi connectivity index (χ1) is 7.25. The highest BCUT2D eigenvalue weighted by molar-refractivity contribution is 9.10. The predicted octanol–water partition coefficient (Wildman–Crippen LogP) is 3.00. The summed E-state index contributed by atoms with van der Waals surface area (Å²) in [6, 6.07) is 9.18. The summed E-state index contributed by atoms with van der Waals surface area (Å²) >= 11 is 7.85. The minimum atomic E-state index is -0.213. The summed E-state index contributed by atoms with van der Waals surface area (Å²) in [6.45, 7) is 0.456. The van der Waals surface area contributed by atoms with Crippen LogP contribution in [0.3, 0.4) is 0 Å². The van der Waals surface area contributed by atoms with E-state index in [0.29, 0.717) is 18.6 Å². The second-order valence-electron chi connectivity index (χ2n) is 2.95. The maximum Gasteiger partial charge on any atom is 0.176 e. The summed E-state index contributed by atoms with van der Waals surface area (Å²) in [5.74, 6) is 0.0727. The second kappa shape index (κ2) is 6.69. The van der Waals surface area contributed by atoms with Crippen molar-refractivity contribution < 1.29 is 9.53 Å². The Hall–Kier alpha value is -0.740. The molecule has 0 fully saturated rings. The van der Waals surface area contributed by atoms with Crippen LogP contribution in [-0.2, 0) is 4.74 Å². The second-order valence-corrected chi connectivity index (χ2v) is 4.25. The van der Waals surface area contributed by atoms with Crippen LogP contribution in [0.15, 0.2) is 30.3 Å². The van der Waals surface area contributed by atoms with E-state index in [1.165, 1.54) is 5.55 Å². The highest BCUT2D eigenvalue weighted by Gasteiger charge is 2.15. The van der Waals surface area contributed by atoms with Gasteiger partial charge in [0, 0.05) is 12.0 Å². The minimum absolute atomic E-state index is 0.0727. The Labute approximate surface area is 103 Å². The van der Waals surface area contributed by atoms with Crippen LogP contribution in [0.2, 0.25) is 0 Å². The van der Waals surface area contributed by atoms with E-state index in [0.717, 1.165) is 0 Å². The fourth-order valence-electron chi connectivity index (χ4n) is 1.13. The molecule has 1 unspecified atom stereocenters. The highest BCUT2D eigenvalue weighted by atomic mass is 79.9. The summed E-state index contributed by atoms with van der Waals surface area (Å²) in [6.07, 6.45) is 0.612. The Morgan fingerprint density at radius 1 is 1.47 bits per heavy atom. The third-order valence-electron chi connectivity index (χ3n) is 1.90. The summed E-state index contributed by atoms with van der Waals surface area (Å²) in [5, 5.41) is 0. The molecule has 0 aromatic heterocycles. The first-order valence-electron chi connectivity index (χ1n) is 4.54. The zero-order chi connectivity index (χ0) is 11.1. The van der Waals surface area contributed by atoms with E-state index in [1.807, 2.05) is 18.2 Å². The molecule has 1 aromatic carbocycles. The molecule has 4 heteroatoms. The number of benzene rings is 1. The van der Waals surface area contributed by atoms with Gasteiger partial charge in [-0.1, -0.05) is 46.3 Å². The fourth-order valence-corrected chi connectivity index (χ4v) is 1.68. The van der Waals surface area contributed by atoms with Crippen LogP contribution in [0.4, 0.5) is 0 Å². The Balaban J connectivity index is 2.50. The average molecular weight is 287 g/mol. The van der Waals surface area contributed by atoms with Crippen molar-refractivity contribution in [1.82, 2.24) is 0 Å². The van der Waals surface area contributed by atoms with Crippen molar-refractivity contribution in [3.63, 3.8) is 0 Å². The first kappa shape index (κ1) is 12.3. The number of ketones is 1. The van der Waals surface area contributed by atoms with Crippen molar-refractivity contribution in [3.8, 4) is 0 Å². The van der Waals surface area contributed by atoms with E-state index in [9.17, 15) is 4.79 Å². The van der Waals surface area contributed by atoms with Crippen LogP contribution >= 0.6 is 28.1 Å². The zero-order valence-corrected chi connectivity index (χ0v) is 10.5. The quantitative estimate of drug-likeness (QED) is 0.348. The van der Waals surface area contributed by atoms with E-state index in [-0.39, 0.29) is 10.6 Å². The molecule has 0 aliphatic heterocycles. The lowest BCUT2D eigenvalue weighted by atomic mass is 10.1. The standard InChI is InChI=1S/C11H11BrO2S/c12-10(6-7-14-8-15)11(13)9-4-2-1-3-5-9/h1-5,8,10H,6-7H2. The molecule has 0 saturated heterocycles. The van der Waals surface area contributed by atoms with Crippen molar-refractivity contribution in [1.29, 1.82) is 0 Å². The molecule has 0 spiro atoms. The van der Waals surface area contributed by atoms with Gasteiger partial charge in [-0.2, -0.15) is 0 Å². The number of carbonyl (C=O) groups excluding carboxylic acids is 1. The lowest BCUT2D eigenvalue weighted by Gasteiger charge is -2.07. The largest absolute Gasteiger partial charge is 0.490 e. The number of halogens is 1. The van der Waals surface area contributed by atoms with Gasteiger partial charge in [-0.15, -0.1) is 0 Å². The van der Waals surface area contributed by atoms with Crippen molar-refractivity contribution in [2.24, 2.45) is 0 Å². The Bertz CT molecular complexity index is 327. The normalized spacial score (nSPS) is 11.8. The van der Waals surface area contributed by atoms with Crippen molar-refractivity contribution in [3.05, 3.63) is 35.9 Å². The number of hydrogen-bond acceptors (Lipinski definition) is 3. The molecule has 1 rings (SSSR count). The molecule has 2 nitrogen and oxygen atoms in total. The van der Waals surface area contributed by atoms with Gasteiger partial charge in [0.25, 0.3) is 0 Å². The predicted molar refractivity (Wildman–Crippen MR) is 67.7 cm³/mol. The van der Waals surface area contributed by atoms with Gasteiger partial charge < -0.3 is 4.74 Å². The number of alkyl halides is 1. The molecule has 80 valence electrons. The van der Waals surface area contributed by atoms with Gasteiger partial charge in [0.15, 0.2) is 5.78 Å². The topological polar surface area (TPSA) is 26.3 Å². The lowest BCUT2D eigenvalue weighted by molar-refractivity contribution is 0.0983. The SMILES string of the molecule is O=C(c1ccccc1)C(Br)CCOC=S. The Kier molecular flexibility index (Phi) is 5.50. The van der Waals surface area contributed by atoms with E-state index < -0.39 is 0 Å². The summed E-state index contributed by atoms with van der Waals surface area (Å²) in [7, 11) is 0. The highest BCUT2D eigenvalue weighted by Crippen LogP contribution is 2.13. The van der Waals surface area contributed by atoms with Crippen molar-refractivity contribution >= 4 is 39.5 Å². The number of rotatable bonds is 6. The fraction of sp³-hybridized carbons (Fsp3) is 0.273. The molecule has 0 N–H and O–H groups in total. The van der Waals surface area contributed by atoms with Gasteiger partial charge >= 0.3 is 0 Å². The van der Waals surface area contributed by atoms with Crippen LogP contribution < -0.4 is 0 Å². The molecular formula is C11H11BrO2S. The van der Waals surface area contributed by atoms with Crippen molar-refractivity contribution in [2.45, 2.75) is 11.2 Å². The molecule has 0 aliphatic rings. The number of carbonyl (C=O) groups is 1. The van der Waals surface area contributed by atoms with E-state index in [4.69, 9.17) is 4.74 Å². The van der Waals surface area contributed by atoms with E-state index >= 15 is 0 Å². The maximum atomic E-state index is 11.8. The number of ether oxygens (including phenoxy) is 1. The van der Waals surface area contributed by atoms with Crippen LogP contribution in [0.5, 0.6) is 0 Å². The Morgan fingerprint density at radius 2 is 2.13 bits per heavy atom. The van der Waals surface area contributed by atoms with Crippen LogP contribution in [0.25, 0.3) is 0 Å².